The van der Waals surface area contributed by atoms with Crippen molar-refractivity contribution < 1.29 is 14.3 Å². The smallest absolute Gasteiger partial charge is 0.244 e. The van der Waals surface area contributed by atoms with E-state index >= 15 is 0 Å². The Morgan fingerprint density at radius 2 is 1.86 bits per heavy atom. The molecular formula is C15H21ClN2O3. The van der Waals surface area contributed by atoms with Crippen LogP contribution in [0.15, 0.2) is 12.1 Å². The van der Waals surface area contributed by atoms with Gasteiger partial charge in [0.25, 0.3) is 0 Å². The largest absolute Gasteiger partial charge is 0.495 e. The summed E-state index contributed by atoms with van der Waals surface area (Å²) in [6.45, 7) is 3.52. The van der Waals surface area contributed by atoms with Crippen molar-refractivity contribution in [1.29, 1.82) is 0 Å². The van der Waals surface area contributed by atoms with Crippen LogP contribution in [-0.4, -0.2) is 44.2 Å². The Bertz CT molecular complexity index is 516. The molecule has 0 unspecified atom stereocenters. The summed E-state index contributed by atoms with van der Waals surface area (Å²) in [5, 5.41) is 3.65. The number of hydrogen-bond acceptors (Lipinski definition) is 4. The van der Waals surface area contributed by atoms with Gasteiger partial charge in [-0.05, 0) is 25.8 Å². The zero-order chi connectivity index (χ0) is 15.4. The normalized spacial score (nSPS) is 15.7. The van der Waals surface area contributed by atoms with Crippen LogP contribution in [0.2, 0.25) is 5.02 Å². The number of anilines is 1. The SMILES string of the molecule is COc1cc(OC)c(N[C@@H](C)C(=O)N2CCCC2)cc1Cl. The van der Waals surface area contributed by atoms with Gasteiger partial charge in [0.15, 0.2) is 0 Å². The first kappa shape index (κ1) is 15.8. The van der Waals surface area contributed by atoms with Crippen molar-refractivity contribution in [1.82, 2.24) is 4.90 Å². The van der Waals surface area contributed by atoms with E-state index in [0.29, 0.717) is 22.2 Å². The lowest BCUT2D eigenvalue weighted by atomic mass is 10.2. The zero-order valence-corrected chi connectivity index (χ0v) is 13.4. The molecule has 21 heavy (non-hydrogen) atoms. The molecule has 0 bridgehead atoms. The van der Waals surface area contributed by atoms with Crippen molar-refractivity contribution in [3.63, 3.8) is 0 Å². The molecule has 1 aromatic carbocycles. The third-order valence-electron chi connectivity index (χ3n) is 3.63. The molecule has 1 saturated heterocycles. The molecule has 1 aromatic rings. The maximum absolute atomic E-state index is 12.3. The second-order valence-corrected chi connectivity index (χ2v) is 5.49. The number of amides is 1. The van der Waals surface area contributed by atoms with E-state index in [1.54, 1.807) is 26.4 Å². The molecule has 1 amide bonds. The number of ether oxygens (including phenoxy) is 2. The summed E-state index contributed by atoms with van der Waals surface area (Å²) in [6, 6.07) is 3.09. The first-order chi connectivity index (χ1) is 10.1. The highest BCUT2D eigenvalue weighted by Gasteiger charge is 2.24. The van der Waals surface area contributed by atoms with E-state index in [9.17, 15) is 4.79 Å². The third kappa shape index (κ3) is 3.53. The third-order valence-corrected chi connectivity index (χ3v) is 3.93. The number of carbonyl (C=O) groups is 1. The van der Waals surface area contributed by atoms with Gasteiger partial charge < -0.3 is 19.7 Å². The Balaban J connectivity index is 2.14. The Morgan fingerprint density at radius 3 is 2.43 bits per heavy atom. The summed E-state index contributed by atoms with van der Waals surface area (Å²) in [7, 11) is 3.12. The topological polar surface area (TPSA) is 50.8 Å². The fourth-order valence-electron chi connectivity index (χ4n) is 2.48. The van der Waals surface area contributed by atoms with E-state index in [-0.39, 0.29) is 11.9 Å². The van der Waals surface area contributed by atoms with Crippen molar-refractivity contribution in [2.45, 2.75) is 25.8 Å². The van der Waals surface area contributed by atoms with E-state index in [0.717, 1.165) is 25.9 Å². The number of benzene rings is 1. The number of halogens is 1. The highest BCUT2D eigenvalue weighted by molar-refractivity contribution is 6.32. The van der Waals surface area contributed by atoms with Crippen LogP contribution in [0.25, 0.3) is 0 Å². The van der Waals surface area contributed by atoms with Crippen LogP contribution in [0.1, 0.15) is 19.8 Å². The molecule has 0 spiro atoms. The first-order valence-corrected chi connectivity index (χ1v) is 7.41. The van der Waals surface area contributed by atoms with Gasteiger partial charge >= 0.3 is 0 Å². The fraction of sp³-hybridized carbons (Fsp3) is 0.533. The number of likely N-dealkylation sites (tertiary alicyclic amines) is 1. The highest BCUT2D eigenvalue weighted by atomic mass is 35.5. The molecule has 1 N–H and O–H groups in total. The van der Waals surface area contributed by atoms with Gasteiger partial charge in [0.2, 0.25) is 5.91 Å². The van der Waals surface area contributed by atoms with Crippen LogP contribution in [0.3, 0.4) is 0 Å². The molecule has 1 fully saturated rings. The predicted octanol–water partition coefficient (Wildman–Crippen LogP) is 2.78. The minimum absolute atomic E-state index is 0.0986. The molecule has 1 heterocycles. The van der Waals surface area contributed by atoms with E-state index in [4.69, 9.17) is 21.1 Å². The minimum atomic E-state index is -0.332. The monoisotopic (exact) mass is 312 g/mol. The van der Waals surface area contributed by atoms with E-state index in [1.165, 1.54) is 0 Å². The van der Waals surface area contributed by atoms with Gasteiger partial charge in [-0.2, -0.15) is 0 Å². The quantitative estimate of drug-likeness (QED) is 0.908. The Hall–Kier alpha value is -1.62. The Labute approximate surface area is 130 Å². The molecule has 1 aliphatic rings. The molecule has 2 rings (SSSR count). The first-order valence-electron chi connectivity index (χ1n) is 7.03. The van der Waals surface area contributed by atoms with Crippen molar-refractivity contribution >= 4 is 23.2 Å². The van der Waals surface area contributed by atoms with Crippen LogP contribution < -0.4 is 14.8 Å². The number of hydrogen-bond donors (Lipinski definition) is 1. The van der Waals surface area contributed by atoms with Crippen molar-refractivity contribution in [2.24, 2.45) is 0 Å². The van der Waals surface area contributed by atoms with Gasteiger partial charge in [-0.3, -0.25) is 4.79 Å². The van der Waals surface area contributed by atoms with Gasteiger partial charge in [0.1, 0.15) is 17.5 Å². The Kier molecular flexibility index (Phi) is 5.17. The number of nitrogens with zero attached hydrogens (tertiary/aromatic N) is 1. The maximum Gasteiger partial charge on any atom is 0.244 e. The number of rotatable bonds is 5. The van der Waals surface area contributed by atoms with Gasteiger partial charge in [-0.25, -0.2) is 0 Å². The number of carbonyl (C=O) groups excluding carboxylic acids is 1. The summed E-state index contributed by atoms with van der Waals surface area (Å²) >= 11 is 6.13. The van der Waals surface area contributed by atoms with Crippen LogP contribution in [0.4, 0.5) is 5.69 Å². The van der Waals surface area contributed by atoms with Crippen LogP contribution in [0.5, 0.6) is 11.5 Å². The predicted molar refractivity (Wildman–Crippen MR) is 83.5 cm³/mol. The van der Waals surface area contributed by atoms with Crippen LogP contribution >= 0.6 is 11.6 Å². The van der Waals surface area contributed by atoms with Crippen molar-refractivity contribution in [2.75, 3.05) is 32.6 Å². The molecule has 0 aromatic heterocycles. The summed E-state index contributed by atoms with van der Waals surface area (Å²) in [4.78, 5) is 14.2. The average molecular weight is 313 g/mol. The number of nitrogens with one attached hydrogen (secondary N) is 1. The van der Waals surface area contributed by atoms with E-state index in [1.807, 2.05) is 11.8 Å². The zero-order valence-electron chi connectivity index (χ0n) is 12.6. The summed E-state index contributed by atoms with van der Waals surface area (Å²) in [5.41, 5.74) is 0.684. The molecule has 0 saturated carbocycles. The van der Waals surface area contributed by atoms with Crippen LogP contribution in [-0.2, 0) is 4.79 Å². The van der Waals surface area contributed by atoms with Crippen LogP contribution in [0, 0.1) is 0 Å². The minimum Gasteiger partial charge on any atom is -0.495 e. The summed E-state index contributed by atoms with van der Waals surface area (Å²) in [6.07, 6.45) is 2.16. The average Bonchev–Trinajstić information content (AvgIpc) is 3.00. The number of methoxy groups -OCH3 is 2. The molecule has 0 radical (unpaired) electrons. The standard InChI is InChI=1S/C15H21ClN2O3/c1-10(15(19)18-6-4-5-7-18)17-12-8-11(16)13(20-2)9-14(12)21-3/h8-10,17H,4-7H2,1-3H3/t10-/m0/s1. The highest BCUT2D eigenvalue weighted by Crippen LogP contribution is 2.36. The van der Waals surface area contributed by atoms with Gasteiger partial charge in [0.05, 0.1) is 24.9 Å². The van der Waals surface area contributed by atoms with Gasteiger partial charge in [-0.1, -0.05) is 11.6 Å². The Morgan fingerprint density at radius 1 is 1.24 bits per heavy atom. The molecule has 116 valence electrons. The fourth-order valence-corrected chi connectivity index (χ4v) is 2.72. The molecule has 1 aliphatic heterocycles. The lowest BCUT2D eigenvalue weighted by Gasteiger charge is -2.23. The summed E-state index contributed by atoms with van der Waals surface area (Å²) in [5.74, 6) is 1.23. The lowest BCUT2D eigenvalue weighted by molar-refractivity contribution is -0.130. The molecular weight excluding hydrogens is 292 g/mol. The lowest BCUT2D eigenvalue weighted by Crippen LogP contribution is -2.39. The van der Waals surface area contributed by atoms with Crippen molar-refractivity contribution in [3.8, 4) is 11.5 Å². The second kappa shape index (κ2) is 6.89. The van der Waals surface area contributed by atoms with Gasteiger partial charge in [-0.15, -0.1) is 0 Å². The van der Waals surface area contributed by atoms with Gasteiger partial charge in [0, 0.05) is 19.2 Å². The molecule has 5 nitrogen and oxygen atoms in total. The molecule has 0 aliphatic carbocycles. The maximum atomic E-state index is 12.3. The second-order valence-electron chi connectivity index (χ2n) is 5.09. The van der Waals surface area contributed by atoms with Crippen molar-refractivity contribution in [3.05, 3.63) is 17.2 Å². The van der Waals surface area contributed by atoms with E-state index in [2.05, 4.69) is 5.32 Å². The molecule has 6 heteroatoms. The molecule has 1 atom stereocenters. The summed E-state index contributed by atoms with van der Waals surface area (Å²) < 4.78 is 10.5. The van der Waals surface area contributed by atoms with E-state index < -0.39 is 0 Å².